The van der Waals surface area contributed by atoms with Crippen LogP contribution in [0, 0.1) is 11.6 Å². The molecule has 0 atom stereocenters. The lowest BCUT2D eigenvalue weighted by Crippen LogP contribution is -2.32. The Balaban J connectivity index is 1.37. The lowest BCUT2D eigenvalue weighted by Gasteiger charge is -2.08. The zero-order valence-corrected chi connectivity index (χ0v) is 14.8. The van der Waals surface area contributed by atoms with Gasteiger partial charge >= 0.3 is 0 Å². The van der Waals surface area contributed by atoms with E-state index in [2.05, 4.69) is 15.5 Å². The van der Waals surface area contributed by atoms with Crippen molar-refractivity contribution >= 4 is 5.91 Å². The standard InChI is InChI=1S/C20H17F2N3O3/c21-15-6-4-14(5-7-15)18-8-9-20(25-24-18)27-11-10-23-19(26)13-28-17-3-1-2-16(22)12-17/h1-9,12H,10-11,13H2,(H,23,26). The van der Waals surface area contributed by atoms with Crippen LogP contribution in [-0.4, -0.2) is 35.9 Å². The van der Waals surface area contributed by atoms with Crippen molar-refractivity contribution in [2.75, 3.05) is 19.8 Å². The molecule has 1 amide bonds. The summed E-state index contributed by atoms with van der Waals surface area (Å²) in [4.78, 5) is 11.7. The van der Waals surface area contributed by atoms with Crippen LogP contribution in [0.3, 0.4) is 0 Å². The summed E-state index contributed by atoms with van der Waals surface area (Å²) in [6, 6.07) is 14.8. The predicted octanol–water partition coefficient (Wildman–Crippen LogP) is 3.00. The van der Waals surface area contributed by atoms with Crippen molar-refractivity contribution in [1.29, 1.82) is 0 Å². The molecule has 0 unspecified atom stereocenters. The van der Waals surface area contributed by atoms with Gasteiger partial charge in [0.25, 0.3) is 5.91 Å². The molecule has 2 aromatic carbocycles. The van der Waals surface area contributed by atoms with E-state index >= 15 is 0 Å². The van der Waals surface area contributed by atoms with Gasteiger partial charge in [-0.3, -0.25) is 4.79 Å². The van der Waals surface area contributed by atoms with Crippen molar-refractivity contribution in [3.05, 3.63) is 72.3 Å². The monoisotopic (exact) mass is 385 g/mol. The van der Waals surface area contributed by atoms with Crippen LogP contribution in [0.1, 0.15) is 0 Å². The molecule has 0 bridgehead atoms. The van der Waals surface area contributed by atoms with Crippen molar-refractivity contribution in [1.82, 2.24) is 15.5 Å². The highest BCUT2D eigenvalue weighted by atomic mass is 19.1. The predicted molar refractivity (Wildman–Crippen MR) is 97.8 cm³/mol. The third kappa shape index (κ3) is 5.73. The summed E-state index contributed by atoms with van der Waals surface area (Å²) in [5, 5.41) is 10.6. The average Bonchev–Trinajstić information content (AvgIpc) is 2.71. The van der Waals surface area contributed by atoms with E-state index in [9.17, 15) is 13.6 Å². The fraction of sp³-hybridized carbons (Fsp3) is 0.150. The number of halogens is 2. The SMILES string of the molecule is O=C(COc1cccc(F)c1)NCCOc1ccc(-c2ccc(F)cc2)nn1. The van der Waals surface area contributed by atoms with Crippen molar-refractivity contribution in [3.8, 4) is 22.9 Å². The van der Waals surface area contributed by atoms with Gasteiger partial charge < -0.3 is 14.8 Å². The van der Waals surface area contributed by atoms with E-state index in [0.717, 1.165) is 5.56 Å². The van der Waals surface area contributed by atoms with Gasteiger partial charge in [0.05, 0.1) is 12.2 Å². The minimum atomic E-state index is -0.433. The van der Waals surface area contributed by atoms with Crippen LogP contribution in [0.25, 0.3) is 11.3 Å². The molecular weight excluding hydrogens is 368 g/mol. The lowest BCUT2D eigenvalue weighted by atomic mass is 10.1. The number of amides is 1. The van der Waals surface area contributed by atoms with Crippen LogP contribution in [-0.2, 0) is 4.79 Å². The first-order valence-electron chi connectivity index (χ1n) is 8.48. The van der Waals surface area contributed by atoms with Crippen molar-refractivity contribution in [3.63, 3.8) is 0 Å². The van der Waals surface area contributed by atoms with Gasteiger partial charge in [-0.05, 0) is 42.5 Å². The van der Waals surface area contributed by atoms with E-state index in [1.165, 1.54) is 30.3 Å². The van der Waals surface area contributed by atoms with Gasteiger partial charge in [-0.25, -0.2) is 8.78 Å². The highest BCUT2D eigenvalue weighted by molar-refractivity contribution is 5.77. The van der Waals surface area contributed by atoms with Gasteiger partial charge in [-0.2, -0.15) is 0 Å². The largest absolute Gasteiger partial charge is 0.484 e. The van der Waals surface area contributed by atoms with E-state index in [1.54, 1.807) is 30.3 Å². The van der Waals surface area contributed by atoms with Crippen LogP contribution in [0.4, 0.5) is 8.78 Å². The minimum absolute atomic E-state index is 0.191. The van der Waals surface area contributed by atoms with Gasteiger partial charge in [0.1, 0.15) is 24.0 Å². The maximum atomic E-state index is 13.0. The highest BCUT2D eigenvalue weighted by Gasteiger charge is 2.05. The number of nitrogens with one attached hydrogen (secondary N) is 1. The van der Waals surface area contributed by atoms with E-state index in [0.29, 0.717) is 11.6 Å². The van der Waals surface area contributed by atoms with Crippen LogP contribution in [0.15, 0.2) is 60.7 Å². The van der Waals surface area contributed by atoms with Crippen molar-refractivity contribution in [2.45, 2.75) is 0 Å². The molecule has 1 heterocycles. The summed E-state index contributed by atoms with van der Waals surface area (Å²) in [5.74, 6) is -0.525. The fourth-order valence-corrected chi connectivity index (χ4v) is 2.27. The Bertz CT molecular complexity index is 919. The van der Waals surface area contributed by atoms with E-state index in [1.807, 2.05) is 0 Å². The number of carbonyl (C=O) groups excluding carboxylic acids is 1. The summed E-state index contributed by atoms with van der Waals surface area (Å²) >= 11 is 0. The Morgan fingerprint density at radius 3 is 2.46 bits per heavy atom. The first-order chi connectivity index (χ1) is 13.6. The Morgan fingerprint density at radius 1 is 0.929 bits per heavy atom. The fourth-order valence-electron chi connectivity index (χ4n) is 2.27. The summed E-state index contributed by atoms with van der Waals surface area (Å²) in [5.41, 5.74) is 1.33. The Kier molecular flexibility index (Phi) is 6.46. The zero-order valence-electron chi connectivity index (χ0n) is 14.8. The Morgan fingerprint density at radius 2 is 1.75 bits per heavy atom. The van der Waals surface area contributed by atoms with Gasteiger partial charge in [0.15, 0.2) is 6.61 Å². The average molecular weight is 385 g/mol. The third-order valence-corrected chi connectivity index (χ3v) is 3.62. The number of aromatic nitrogens is 2. The molecule has 0 aliphatic carbocycles. The normalized spacial score (nSPS) is 10.4. The van der Waals surface area contributed by atoms with Crippen LogP contribution in [0.5, 0.6) is 11.6 Å². The van der Waals surface area contributed by atoms with E-state index in [-0.39, 0.29) is 37.2 Å². The van der Waals surface area contributed by atoms with Gasteiger partial charge in [0.2, 0.25) is 5.88 Å². The molecule has 0 radical (unpaired) electrons. The van der Waals surface area contributed by atoms with Crippen LogP contribution < -0.4 is 14.8 Å². The molecular formula is C20H17F2N3O3. The second kappa shape index (κ2) is 9.40. The van der Waals surface area contributed by atoms with Gasteiger partial charge in [0, 0.05) is 17.7 Å². The van der Waals surface area contributed by atoms with Gasteiger partial charge in [-0.15, -0.1) is 10.2 Å². The molecule has 1 aromatic heterocycles. The Hall–Kier alpha value is -3.55. The highest BCUT2D eigenvalue weighted by Crippen LogP contribution is 2.18. The third-order valence-electron chi connectivity index (χ3n) is 3.62. The molecule has 3 rings (SSSR count). The van der Waals surface area contributed by atoms with Gasteiger partial charge in [-0.1, -0.05) is 6.07 Å². The first kappa shape index (κ1) is 19.2. The second-order valence-electron chi connectivity index (χ2n) is 5.71. The number of hydrogen-bond donors (Lipinski definition) is 1. The van der Waals surface area contributed by atoms with Crippen LogP contribution >= 0.6 is 0 Å². The molecule has 144 valence electrons. The molecule has 0 fully saturated rings. The number of benzene rings is 2. The molecule has 8 heteroatoms. The van der Waals surface area contributed by atoms with Crippen molar-refractivity contribution < 1.29 is 23.0 Å². The zero-order chi connectivity index (χ0) is 19.8. The summed E-state index contributed by atoms with van der Waals surface area (Å²) in [6.45, 7) is 0.207. The summed E-state index contributed by atoms with van der Waals surface area (Å²) < 4.78 is 36.5. The minimum Gasteiger partial charge on any atom is -0.484 e. The summed E-state index contributed by atoms with van der Waals surface area (Å²) in [7, 11) is 0. The molecule has 0 aliphatic rings. The first-order valence-corrected chi connectivity index (χ1v) is 8.48. The molecule has 1 N–H and O–H groups in total. The molecule has 0 saturated carbocycles. The molecule has 0 spiro atoms. The molecule has 3 aromatic rings. The van der Waals surface area contributed by atoms with Crippen LogP contribution in [0.2, 0.25) is 0 Å². The number of hydrogen-bond acceptors (Lipinski definition) is 5. The van der Waals surface area contributed by atoms with E-state index in [4.69, 9.17) is 9.47 Å². The molecule has 0 aliphatic heterocycles. The number of nitrogens with zero attached hydrogens (tertiary/aromatic N) is 2. The second-order valence-corrected chi connectivity index (χ2v) is 5.71. The molecule has 28 heavy (non-hydrogen) atoms. The Labute approximate surface area is 160 Å². The molecule has 0 saturated heterocycles. The van der Waals surface area contributed by atoms with Crippen molar-refractivity contribution in [2.24, 2.45) is 0 Å². The number of rotatable bonds is 8. The number of carbonyl (C=O) groups is 1. The maximum Gasteiger partial charge on any atom is 0.258 e. The quantitative estimate of drug-likeness (QED) is 0.604. The maximum absolute atomic E-state index is 13.0. The van der Waals surface area contributed by atoms with E-state index < -0.39 is 5.82 Å². The number of ether oxygens (including phenoxy) is 2. The summed E-state index contributed by atoms with van der Waals surface area (Å²) in [6.07, 6.45) is 0. The topological polar surface area (TPSA) is 73.3 Å². The lowest BCUT2D eigenvalue weighted by molar-refractivity contribution is -0.123. The smallest absolute Gasteiger partial charge is 0.258 e. The molecule has 6 nitrogen and oxygen atoms in total.